The van der Waals surface area contributed by atoms with Gasteiger partial charge in [-0.05, 0) is 48.5 Å². The van der Waals surface area contributed by atoms with Gasteiger partial charge < -0.3 is 15.5 Å². The van der Waals surface area contributed by atoms with Gasteiger partial charge in [0, 0.05) is 5.02 Å². The number of rotatable bonds is 5. The Morgan fingerprint density at radius 2 is 1.69 bits per heavy atom. The second kappa shape index (κ2) is 7.98. The van der Waals surface area contributed by atoms with E-state index in [1.165, 1.54) is 18.2 Å². The number of aromatic hydroxyl groups is 2. The van der Waals surface area contributed by atoms with E-state index >= 15 is 0 Å². The van der Waals surface area contributed by atoms with Crippen LogP contribution < -0.4 is 10.0 Å². The van der Waals surface area contributed by atoms with Gasteiger partial charge in [-0.1, -0.05) is 23.7 Å². The van der Waals surface area contributed by atoms with E-state index in [-0.39, 0.29) is 16.3 Å². The smallest absolute Gasteiger partial charge is 0.262 e. The summed E-state index contributed by atoms with van der Waals surface area (Å²) in [7, 11) is -4.08. The summed E-state index contributed by atoms with van der Waals surface area (Å²) in [6.07, 6.45) is 0. The summed E-state index contributed by atoms with van der Waals surface area (Å²) in [5.41, 5.74) is -0.712. The number of halogens is 2. The van der Waals surface area contributed by atoms with Gasteiger partial charge >= 0.3 is 0 Å². The summed E-state index contributed by atoms with van der Waals surface area (Å²) >= 11 is 5.84. The molecule has 0 atom stereocenters. The lowest BCUT2D eigenvalue weighted by Gasteiger charge is -2.12. The fourth-order valence-electron chi connectivity index (χ4n) is 2.47. The van der Waals surface area contributed by atoms with E-state index in [0.717, 1.165) is 30.3 Å². The summed E-state index contributed by atoms with van der Waals surface area (Å²) < 4.78 is 41.4. The van der Waals surface area contributed by atoms with Crippen LogP contribution in [0.1, 0.15) is 10.4 Å². The Morgan fingerprint density at radius 1 is 0.966 bits per heavy atom. The van der Waals surface area contributed by atoms with Crippen LogP contribution in [0.5, 0.6) is 11.5 Å². The summed E-state index contributed by atoms with van der Waals surface area (Å²) in [6.45, 7) is 0. The molecular weight excluding hydrogens is 423 g/mol. The average Bonchev–Trinajstić information content (AvgIpc) is 2.63. The molecule has 0 aromatic heterocycles. The third-order valence-electron chi connectivity index (χ3n) is 3.82. The summed E-state index contributed by atoms with van der Waals surface area (Å²) in [4.78, 5) is 12.0. The van der Waals surface area contributed by atoms with Crippen LogP contribution in [-0.2, 0) is 10.0 Å². The molecule has 0 aliphatic carbocycles. The average molecular weight is 437 g/mol. The van der Waals surface area contributed by atoms with Crippen LogP contribution in [0.4, 0.5) is 15.8 Å². The lowest BCUT2D eigenvalue weighted by molar-refractivity contribution is 0.102. The minimum Gasteiger partial charge on any atom is -0.507 e. The molecule has 150 valence electrons. The minimum atomic E-state index is -4.08. The molecule has 3 rings (SSSR count). The molecule has 0 saturated heterocycles. The Balaban J connectivity index is 1.91. The highest BCUT2D eigenvalue weighted by atomic mass is 35.5. The quantitative estimate of drug-likeness (QED) is 0.452. The Morgan fingerprint density at radius 3 is 2.38 bits per heavy atom. The zero-order chi connectivity index (χ0) is 21.2. The fraction of sp³-hybridized carbons (Fsp3) is 0. The van der Waals surface area contributed by atoms with Gasteiger partial charge in [-0.2, -0.15) is 0 Å². The van der Waals surface area contributed by atoms with Gasteiger partial charge in [-0.15, -0.1) is 0 Å². The van der Waals surface area contributed by atoms with Gasteiger partial charge in [0.1, 0.15) is 22.9 Å². The summed E-state index contributed by atoms with van der Waals surface area (Å²) in [5.74, 6) is -3.09. The van der Waals surface area contributed by atoms with Crippen LogP contribution in [0.2, 0.25) is 5.02 Å². The van der Waals surface area contributed by atoms with E-state index < -0.39 is 38.8 Å². The zero-order valence-electron chi connectivity index (χ0n) is 14.6. The number of benzene rings is 3. The van der Waals surface area contributed by atoms with Crippen LogP contribution in [0.3, 0.4) is 0 Å². The Labute approximate surface area is 170 Å². The molecule has 3 aromatic carbocycles. The van der Waals surface area contributed by atoms with Crippen molar-refractivity contribution in [1.82, 2.24) is 0 Å². The van der Waals surface area contributed by atoms with Crippen molar-refractivity contribution in [3.8, 4) is 11.5 Å². The molecule has 0 aliphatic rings. The van der Waals surface area contributed by atoms with Crippen molar-refractivity contribution in [2.45, 2.75) is 4.90 Å². The van der Waals surface area contributed by atoms with Crippen LogP contribution in [-0.4, -0.2) is 24.5 Å². The fourth-order valence-corrected chi connectivity index (χ4v) is 3.74. The Kier molecular flexibility index (Phi) is 5.62. The first kappa shape index (κ1) is 20.4. The van der Waals surface area contributed by atoms with Crippen molar-refractivity contribution in [2.24, 2.45) is 0 Å². The number of nitrogens with one attached hydrogen (secondary N) is 2. The maximum atomic E-state index is 13.8. The van der Waals surface area contributed by atoms with E-state index in [1.807, 2.05) is 0 Å². The highest BCUT2D eigenvalue weighted by Gasteiger charge is 2.21. The molecule has 1 amide bonds. The van der Waals surface area contributed by atoms with Crippen LogP contribution in [0, 0.1) is 5.82 Å². The largest absolute Gasteiger partial charge is 0.507 e. The van der Waals surface area contributed by atoms with E-state index in [4.69, 9.17) is 11.6 Å². The first-order chi connectivity index (χ1) is 13.7. The lowest BCUT2D eigenvalue weighted by atomic mass is 10.1. The molecule has 0 radical (unpaired) electrons. The van der Waals surface area contributed by atoms with Gasteiger partial charge in [0.2, 0.25) is 0 Å². The van der Waals surface area contributed by atoms with Gasteiger partial charge in [0.15, 0.2) is 0 Å². The molecular formula is C19H14ClFN2O5S. The summed E-state index contributed by atoms with van der Waals surface area (Å²) in [6, 6.07) is 12.5. The molecule has 0 unspecified atom stereocenters. The van der Waals surface area contributed by atoms with Crippen molar-refractivity contribution in [3.05, 3.63) is 77.1 Å². The minimum absolute atomic E-state index is 0.215. The molecule has 0 bridgehead atoms. The van der Waals surface area contributed by atoms with E-state index in [1.54, 1.807) is 12.1 Å². The predicted molar refractivity (Wildman–Crippen MR) is 106 cm³/mol. The van der Waals surface area contributed by atoms with Crippen molar-refractivity contribution in [1.29, 1.82) is 0 Å². The standard InChI is InChI=1S/C19H14ClFN2O5S/c20-11-3-1-4-12(9-11)23-29(27,28)13-7-8-16(24)15(10-13)22-19(26)18-14(21)5-2-6-17(18)25/h1-10,23-25H,(H,22,26). The molecule has 0 heterocycles. The maximum Gasteiger partial charge on any atom is 0.262 e. The first-order valence-corrected chi connectivity index (χ1v) is 9.94. The molecule has 0 fully saturated rings. The SMILES string of the molecule is O=C(Nc1cc(S(=O)(=O)Nc2cccc(Cl)c2)ccc1O)c1c(O)cccc1F. The van der Waals surface area contributed by atoms with E-state index in [2.05, 4.69) is 10.0 Å². The molecule has 4 N–H and O–H groups in total. The Bertz CT molecular complexity index is 1180. The van der Waals surface area contributed by atoms with Crippen LogP contribution >= 0.6 is 11.6 Å². The van der Waals surface area contributed by atoms with Crippen LogP contribution in [0.15, 0.2) is 65.6 Å². The van der Waals surface area contributed by atoms with Crippen molar-refractivity contribution in [2.75, 3.05) is 10.0 Å². The number of sulfonamides is 1. The van der Waals surface area contributed by atoms with Gasteiger partial charge in [-0.25, -0.2) is 12.8 Å². The number of carbonyl (C=O) groups excluding carboxylic acids is 1. The second-order valence-electron chi connectivity index (χ2n) is 5.88. The third kappa shape index (κ3) is 4.58. The number of anilines is 2. The van der Waals surface area contributed by atoms with Crippen molar-refractivity contribution in [3.63, 3.8) is 0 Å². The Hall–Kier alpha value is -3.30. The molecule has 3 aromatic rings. The first-order valence-electron chi connectivity index (χ1n) is 8.07. The molecule has 10 heteroatoms. The number of phenolic OH excluding ortho intramolecular Hbond substituents is 2. The predicted octanol–water partition coefficient (Wildman–Crippen LogP) is 3.94. The number of carbonyl (C=O) groups is 1. The normalized spacial score (nSPS) is 11.1. The van der Waals surface area contributed by atoms with E-state index in [0.29, 0.717) is 5.02 Å². The molecule has 7 nitrogen and oxygen atoms in total. The van der Waals surface area contributed by atoms with Gasteiger partial charge in [0.05, 0.1) is 16.3 Å². The molecule has 29 heavy (non-hydrogen) atoms. The number of hydrogen-bond donors (Lipinski definition) is 4. The summed E-state index contributed by atoms with van der Waals surface area (Å²) in [5, 5.41) is 22.2. The lowest BCUT2D eigenvalue weighted by Crippen LogP contribution is -2.16. The molecule has 0 aliphatic heterocycles. The van der Waals surface area contributed by atoms with Gasteiger partial charge in [0.25, 0.3) is 15.9 Å². The number of hydrogen-bond acceptors (Lipinski definition) is 5. The highest BCUT2D eigenvalue weighted by Crippen LogP contribution is 2.29. The van der Waals surface area contributed by atoms with Crippen molar-refractivity contribution >= 4 is 38.9 Å². The van der Waals surface area contributed by atoms with E-state index in [9.17, 15) is 27.8 Å². The monoisotopic (exact) mass is 436 g/mol. The third-order valence-corrected chi connectivity index (χ3v) is 5.44. The zero-order valence-corrected chi connectivity index (χ0v) is 16.1. The van der Waals surface area contributed by atoms with Crippen LogP contribution in [0.25, 0.3) is 0 Å². The maximum absolute atomic E-state index is 13.8. The van der Waals surface area contributed by atoms with Gasteiger partial charge in [-0.3, -0.25) is 9.52 Å². The number of phenols is 2. The molecule has 0 saturated carbocycles. The highest BCUT2D eigenvalue weighted by molar-refractivity contribution is 7.92. The topological polar surface area (TPSA) is 116 Å². The molecule has 0 spiro atoms. The number of amides is 1. The van der Waals surface area contributed by atoms with Crippen molar-refractivity contribution < 1.29 is 27.8 Å². The second-order valence-corrected chi connectivity index (χ2v) is 8.00.